The van der Waals surface area contributed by atoms with Crippen molar-refractivity contribution in [1.82, 2.24) is 10.2 Å². The van der Waals surface area contributed by atoms with Crippen molar-refractivity contribution in [2.24, 2.45) is 4.99 Å². The number of hydrogen-bond acceptors (Lipinski definition) is 5. The molecule has 1 saturated heterocycles. The van der Waals surface area contributed by atoms with Crippen molar-refractivity contribution in [3.05, 3.63) is 0 Å². The van der Waals surface area contributed by atoms with Crippen molar-refractivity contribution < 1.29 is 24.2 Å². The van der Waals surface area contributed by atoms with Crippen molar-refractivity contribution in [2.45, 2.75) is 64.1 Å². The number of amides is 2. The lowest BCUT2D eigenvalue weighted by atomic mass is 10.1. The van der Waals surface area contributed by atoms with Crippen LogP contribution in [0.15, 0.2) is 4.99 Å². The molecule has 0 aliphatic carbocycles. The molecular weight excluding hydrogens is 314 g/mol. The molecule has 1 fully saturated rings. The fourth-order valence-corrected chi connectivity index (χ4v) is 2.51. The SMILES string of the molecule is C=NCCCCC(=O)N[C@@H]1C[C@@H](C(=O)O)N(C(=O)OC(C)(C)C)C1. The van der Waals surface area contributed by atoms with E-state index in [0.29, 0.717) is 19.4 Å². The van der Waals surface area contributed by atoms with Gasteiger partial charge in [0.25, 0.3) is 0 Å². The first-order valence-corrected chi connectivity index (χ1v) is 8.08. The molecule has 2 N–H and O–H groups in total. The zero-order valence-corrected chi connectivity index (χ0v) is 14.6. The Balaban J connectivity index is 2.57. The molecule has 1 aliphatic rings. The van der Waals surface area contributed by atoms with Crippen molar-refractivity contribution in [3.63, 3.8) is 0 Å². The molecule has 2 atom stereocenters. The zero-order chi connectivity index (χ0) is 18.3. The maximum absolute atomic E-state index is 12.2. The number of carboxylic acids is 1. The third-order valence-corrected chi connectivity index (χ3v) is 3.55. The molecule has 0 aromatic heterocycles. The molecule has 0 bridgehead atoms. The van der Waals surface area contributed by atoms with Crippen molar-refractivity contribution in [1.29, 1.82) is 0 Å². The summed E-state index contributed by atoms with van der Waals surface area (Å²) in [7, 11) is 0. The molecule has 2 amide bonds. The van der Waals surface area contributed by atoms with Gasteiger partial charge in [-0.25, -0.2) is 9.59 Å². The van der Waals surface area contributed by atoms with Gasteiger partial charge in [-0.05, 0) is 40.3 Å². The number of unbranched alkanes of at least 4 members (excludes halogenated alkanes) is 1. The number of nitrogens with one attached hydrogen (secondary N) is 1. The standard InChI is InChI=1S/C16H27N3O5/c1-16(2,3)24-15(23)19-10-11(9-12(19)14(21)22)18-13(20)7-5-6-8-17-4/h11-12H,4-10H2,1-3H3,(H,18,20)(H,21,22)/t11-,12+/m1/s1. The van der Waals surface area contributed by atoms with Gasteiger partial charge in [-0.3, -0.25) is 9.69 Å². The van der Waals surface area contributed by atoms with Gasteiger partial charge in [-0.2, -0.15) is 0 Å². The topological polar surface area (TPSA) is 108 Å². The molecule has 0 aromatic rings. The molecule has 24 heavy (non-hydrogen) atoms. The van der Waals surface area contributed by atoms with Gasteiger partial charge in [0.2, 0.25) is 5.91 Å². The van der Waals surface area contributed by atoms with Crippen LogP contribution in [0.3, 0.4) is 0 Å². The minimum absolute atomic E-state index is 0.131. The number of nitrogens with zero attached hydrogens (tertiary/aromatic N) is 2. The number of carbonyl (C=O) groups excluding carboxylic acids is 2. The van der Waals surface area contributed by atoms with Crippen LogP contribution in [0.2, 0.25) is 0 Å². The molecule has 0 unspecified atom stereocenters. The molecule has 0 saturated carbocycles. The van der Waals surface area contributed by atoms with E-state index in [0.717, 1.165) is 6.42 Å². The van der Waals surface area contributed by atoms with Gasteiger partial charge in [0.05, 0.1) is 0 Å². The van der Waals surface area contributed by atoms with E-state index in [-0.39, 0.29) is 24.9 Å². The van der Waals surface area contributed by atoms with Crippen molar-refractivity contribution >= 4 is 24.7 Å². The fraction of sp³-hybridized carbons (Fsp3) is 0.750. The lowest BCUT2D eigenvalue weighted by Crippen LogP contribution is -2.44. The predicted octanol–water partition coefficient (Wildman–Crippen LogP) is 1.44. The van der Waals surface area contributed by atoms with Crippen LogP contribution in [0.25, 0.3) is 0 Å². The van der Waals surface area contributed by atoms with Gasteiger partial charge in [0.1, 0.15) is 11.6 Å². The van der Waals surface area contributed by atoms with Gasteiger partial charge >= 0.3 is 12.1 Å². The highest BCUT2D eigenvalue weighted by atomic mass is 16.6. The average Bonchev–Trinajstić information content (AvgIpc) is 2.86. The number of hydrogen-bond donors (Lipinski definition) is 2. The van der Waals surface area contributed by atoms with E-state index in [2.05, 4.69) is 17.0 Å². The van der Waals surface area contributed by atoms with Crippen LogP contribution in [-0.2, 0) is 14.3 Å². The Morgan fingerprint density at radius 2 is 2.00 bits per heavy atom. The molecular formula is C16H27N3O5. The van der Waals surface area contributed by atoms with E-state index in [1.807, 2.05) is 0 Å². The molecule has 0 radical (unpaired) electrons. The van der Waals surface area contributed by atoms with Crippen LogP contribution in [0.5, 0.6) is 0 Å². The molecule has 136 valence electrons. The summed E-state index contributed by atoms with van der Waals surface area (Å²) in [5, 5.41) is 12.1. The fourth-order valence-electron chi connectivity index (χ4n) is 2.51. The van der Waals surface area contributed by atoms with Crippen molar-refractivity contribution in [3.8, 4) is 0 Å². The first-order valence-electron chi connectivity index (χ1n) is 8.08. The second-order valence-corrected chi connectivity index (χ2v) is 6.89. The number of aliphatic imine (C=N–C) groups is 1. The van der Waals surface area contributed by atoms with E-state index in [9.17, 15) is 19.5 Å². The van der Waals surface area contributed by atoms with E-state index in [1.165, 1.54) is 4.90 Å². The van der Waals surface area contributed by atoms with Gasteiger partial charge < -0.3 is 20.2 Å². The number of likely N-dealkylation sites (tertiary alicyclic amines) is 1. The van der Waals surface area contributed by atoms with Crippen LogP contribution in [0.4, 0.5) is 4.79 Å². The Morgan fingerprint density at radius 3 is 2.54 bits per heavy atom. The van der Waals surface area contributed by atoms with E-state index in [4.69, 9.17) is 4.74 Å². The third kappa shape index (κ3) is 6.55. The molecule has 1 aliphatic heterocycles. The molecule has 8 heteroatoms. The lowest BCUT2D eigenvalue weighted by molar-refractivity contribution is -0.142. The Hall–Kier alpha value is -2.12. The van der Waals surface area contributed by atoms with E-state index in [1.54, 1.807) is 20.8 Å². The highest BCUT2D eigenvalue weighted by Gasteiger charge is 2.41. The van der Waals surface area contributed by atoms with Crippen LogP contribution in [0, 0.1) is 0 Å². The second-order valence-electron chi connectivity index (χ2n) is 6.89. The van der Waals surface area contributed by atoms with Crippen LogP contribution >= 0.6 is 0 Å². The molecule has 1 rings (SSSR count). The minimum Gasteiger partial charge on any atom is -0.480 e. The maximum Gasteiger partial charge on any atom is 0.411 e. The molecule has 0 aromatic carbocycles. The molecule has 1 heterocycles. The second kappa shape index (κ2) is 8.65. The Morgan fingerprint density at radius 1 is 1.33 bits per heavy atom. The van der Waals surface area contributed by atoms with Crippen LogP contribution < -0.4 is 5.32 Å². The van der Waals surface area contributed by atoms with Crippen LogP contribution in [-0.4, -0.2) is 65.5 Å². The van der Waals surface area contributed by atoms with Gasteiger partial charge in [-0.1, -0.05) is 0 Å². The average molecular weight is 341 g/mol. The summed E-state index contributed by atoms with van der Waals surface area (Å²) in [6.07, 6.45) is 1.31. The molecule has 0 spiro atoms. The van der Waals surface area contributed by atoms with E-state index < -0.39 is 23.7 Å². The van der Waals surface area contributed by atoms with Gasteiger partial charge in [0, 0.05) is 32.0 Å². The predicted molar refractivity (Wildman–Crippen MR) is 89.2 cm³/mol. The first kappa shape index (κ1) is 19.9. The number of rotatable bonds is 7. The van der Waals surface area contributed by atoms with E-state index >= 15 is 0 Å². The Bertz CT molecular complexity index is 487. The minimum atomic E-state index is -1.10. The van der Waals surface area contributed by atoms with Gasteiger partial charge in [0.15, 0.2) is 0 Å². The van der Waals surface area contributed by atoms with Gasteiger partial charge in [-0.15, -0.1) is 0 Å². The zero-order valence-electron chi connectivity index (χ0n) is 14.6. The quantitative estimate of drug-likeness (QED) is 0.538. The summed E-state index contributed by atoms with van der Waals surface area (Å²) in [6, 6.07) is -1.38. The highest BCUT2D eigenvalue weighted by Crippen LogP contribution is 2.21. The Kier molecular flexibility index (Phi) is 7.18. The first-order chi connectivity index (χ1) is 11.1. The number of carbonyl (C=O) groups is 3. The summed E-state index contributed by atoms with van der Waals surface area (Å²) in [6.45, 7) is 9.28. The third-order valence-electron chi connectivity index (χ3n) is 3.55. The number of carboxylic acid groups (broad SMARTS) is 1. The van der Waals surface area contributed by atoms with Crippen molar-refractivity contribution in [2.75, 3.05) is 13.1 Å². The summed E-state index contributed by atoms with van der Waals surface area (Å²) in [4.78, 5) is 40.3. The normalized spacial score (nSPS) is 20.5. The number of aliphatic carboxylic acids is 1. The number of ether oxygens (including phenoxy) is 1. The monoisotopic (exact) mass is 341 g/mol. The smallest absolute Gasteiger partial charge is 0.411 e. The molecule has 8 nitrogen and oxygen atoms in total. The Labute approximate surface area is 142 Å². The highest BCUT2D eigenvalue weighted by molar-refractivity contribution is 5.82. The summed E-state index contributed by atoms with van der Waals surface area (Å²) < 4.78 is 5.24. The summed E-state index contributed by atoms with van der Waals surface area (Å²) >= 11 is 0. The lowest BCUT2D eigenvalue weighted by Gasteiger charge is -2.26. The summed E-state index contributed by atoms with van der Waals surface area (Å²) in [5.74, 6) is -1.26. The summed E-state index contributed by atoms with van der Waals surface area (Å²) in [5.41, 5.74) is -0.708. The largest absolute Gasteiger partial charge is 0.480 e. The maximum atomic E-state index is 12.2. The van der Waals surface area contributed by atoms with Crippen LogP contribution in [0.1, 0.15) is 46.5 Å².